The Hall–Kier alpha value is -6.11. The van der Waals surface area contributed by atoms with Gasteiger partial charge in [0.15, 0.2) is 11.6 Å². The Kier molecular flexibility index (Phi) is 8.59. The van der Waals surface area contributed by atoms with Crippen LogP contribution in [0.25, 0.3) is 0 Å². The fourth-order valence-electron chi connectivity index (χ4n) is 5.59. The Morgan fingerprint density at radius 2 is 1.55 bits per heavy atom. The minimum Gasteiger partial charge on any atom is -0.431 e. The minimum atomic E-state index is -3.72. The number of anilines is 3. The SMILES string of the molecule is CN1c2ccc(Nc3cc([C@H]4CC[C@@H](OC(=O)Oc5ccc([N+](=O)[O-])cc5)C4)n(C(=O)Oc4ccc([N+](=O)[O-])cc4)n3)c(F)c2CS1(=O)=O. The summed E-state index contributed by atoms with van der Waals surface area (Å²) in [5.74, 6) is -1.72. The summed E-state index contributed by atoms with van der Waals surface area (Å²) in [5.41, 5.74) is -0.00737. The van der Waals surface area contributed by atoms with Gasteiger partial charge in [0.05, 0.1) is 32.7 Å². The van der Waals surface area contributed by atoms with Crippen LogP contribution in [0.5, 0.6) is 11.5 Å². The number of hydrogen-bond acceptors (Lipinski definition) is 13. The minimum absolute atomic E-state index is 0.0109. The van der Waals surface area contributed by atoms with Gasteiger partial charge in [-0.2, -0.15) is 4.68 Å². The van der Waals surface area contributed by atoms with Gasteiger partial charge in [-0.1, -0.05) is 0 Å². The Balaban J connectivity index is 1.22. The number of aromatic nitrogens is 2. The quantitative estimate of drug-likeness (QED) is 0.100. The van der Waals surface area contributed by atoms with Crippen LogP contribution in [0.1, 0.15) is 36.4 Å². The predicted molar refractivity (Wildman–Crippen MR) is 168 cm³/mol. The molecule has 0 saturated heterocycles. The molecule has 49 heavy (non-hydrogen) atoms. The second-order valence-electron chi connectivity index (χ2n) is 11.1. The van der Waals surface area contributed by atoms with Crippen molar-refractivity contribution in [2.45, 2.75) is 37.0 Å². The highest BCUT2D eigenvalue weighted by Gasteiger charge is 2.35. The monoisotopic (exact) mass is 696 g/mol. The Morgan fingerprint density at radius 3 is 2.16 bits per heavy atom. The molecular formula is C30H25FN6O11S. The highest BCUT2D eigenvalue weighted by Crippen LogP contribution is 2.40. The highest BCUT2D eigenvalue weighted by atomic mass is 32.2. The lowest BCUT2D eigenvalue weighted by Crippen LogP contribution is -2.22. The zero-order valence-corrected chi connectivity index (χ0v) is 26.2. The lowest BCUT2D eigenvalue weighted by molar-refractivity contribution is -0.385. The van der Waals surface area contributed by atoms with Crippen molar-refractivity contribution in [2.75, 3.05) is 16.7 Å². The lowest BCUT2D eigenvalue weighted by Gasteiger charge is -2.14. The molecular weight excluding hydrogens is 671 g/mol. The molecule has 3 aromatic carbocycles. The van der Waals surface area contributed by atoms with E-state index in [0.29, 0.717) is 18.5 Å². The number of nitro groups is 2. The molecule has 1 aromatic heterocycles. The third-order valence-electron chi connectivity index (χ3n) is 8.04. The second kappa shape index (κ2) is 12.8. The molecule has 254 valence electrons. The van der Waals surface area contributed by atoms with E-state index in [1.165, 1.54) is 61.6 Å². The van der Waals surface area contributed by atoms with Crippen LogP contribution in [-0.2, 0) is 20.5 Å². The Labute approximate surface area is 276 Å². The van der Waals surface area contributed by atoms with E-state index in [9.17, 15) is 38.2 Å². The largest absolute Gasteiger partial charge is 0.514 e. The summed E-state index contributed by atoms with van der Waals surface area (Å²) in [4.78, 5) is 46.5. The van der Waals surface area contributed by atoms with Gasteiger partial charge in [-0.15, -0.1) is 5.10 Å². The standard InChI is InChI=1S/C30H25FN6O11S/c1-34-25-13-12-24(28(31)23(25)16-49(34,44)45)32-27-15-26(35(33-27)29(38)46-20-8-3-18(4-9-20)36(40)41)17-2-7-22(14-17)48-30(39)47-21-10-5-19(6-11-21)37(42)43/h3-6,8-13,15,17,22H,2,7,14,16H2,1H3,(H,32,33)/t17-,22+/m0/s1. The smallest absolute Gasteiger partial charge is 0.431 e. The summed E-state index contributed by atoms with van der Waals surface area (Å²) in [7, 11) is -2.39. The number of sulfonamides is 1. The number of non-ortho nitro benzene ring substituents is 2. The van der Waals surface area contributed by atoms with Crippen molar-refractivity contribution in [1.82, 2.24) is 9.78 Å². The van der Waals surface area contributed by atoms with E-state index in [1.807, 2.05) is 0 Å². The molecule has 17 nitrogen and oxygen atoms in total. The first-order chi connectivity index (χ1) is 23.3. The Morgan fingerprint density at radius 1 is 0.939 bits per heavy atom. The maximum atomic E-state index is 15.5. The van der Waals surface area contributed by atoms with Crippen LogP contribution in [0, 0.1) is 26.0 Å². The van der Waals surface area contributed by atoms with Gasteiger partial charge in [-0.25, -0.2) is 22.4 Å². The molecule has 2 atom stereocenters. The molecule has 1 aliphatic heterocycles. The molecule has 1 aliphatic carbocycles. The van der Waals surface area contributed by atoms with Gasteiger partial charge in [-0.3, -0.25) is 24.5 Å². The summed E-state index contributed by atoms with van der Waals surface area (Å²) in [6.45, 7) is 0. The second-order valence-corrected chi connectivity index (χ2v) is 13.1. The topological polar surface area (TPSA) is 215 Å². The van der Waals surface area contributed by atoms with Gasteiger partial charge >= 0.3 is 12.2 Å². The number of hydrogen-bond donors (Lipinski definition) is 1. The van der Waals surface area contributed by atoms with Crippen LogP contribution in [0.4, 0.5) is 42.5 Å². The maximum Gasteiger partial charge on any atom is 0.514 e. The van der Waals surface area contributed by atoms with Crippen molar-refractivity contribution in [1.29, 1.82) is 0 Å². The summed E-state index contributed by atoms with van der Waals surface area (Å²) < 4.78 is 58.0. The van der Waals surface area contributed by atoms with Gasteiger partial charge in [0.1, 0.15) is 17.6 Å². The van der Waals surface area contributed by atoms with Crippen LogP contribution in [-0.4, -0.2) is 53.4 Å². The third kappa shape index (κ3) is 6.82. The van der Waals surface area contributed by atoms with Gasteiger partial charge in [-0.05, 0) is 55.7 Å². The molecule has 0 amide bonds. The van der Waals surface area contributed by atoms with Crippen LogP contribution >= 0.6 is 0 Å². The normalized spacial score (nSPS) is 17.6. The number of nitrogens with zero attached hydrogens (tertiary/aromatic N) is 5. The fourth-order valence-corrected chi connectivity index (χ4v) is 6.89. The molecule has 0 spiro atoms. The van der Waals surface area contributed by atoms with Gasteiger partial charge in [0.25, 0.3) is 11.4 Å². The van der Waals surface area contributed by atoms with Gasteiger partial charge in [0.2, 0.25) is 10.0 Å². The van der Waals surface area contributed by atoms with E-state index in [-0.39, 0.29) is 52.1 Å². The van der Waals surface area contributed by atoms with E-state index in [1.54, 1.807) is 0 Å². The molecule has 4 aromatic rings. The number of nitrogens with one attached hydrogen (secondary N) is 1. The molecule has 0 radical (unpaired) electrons. The number of rotatable bonds is 8. The van der Waals surface area contributed by atoms with Crippen LogP contribution in [0.15, 0.2) is 66.7 Å². The van der Waals surface area contributed by atoms with Crippen molar-refractivity contribution >= 4 is 50.8 Å². The summed E-state index contributed by atoms with van der Waals surface area (Å²) in [5, 5.41) is 28.9. The number of fused-ring (bicyclic) bond motifs is 1. The molecule has 2 aliphatic rings. The Bertz CT molecular complexity index is 2090. The van der Waals surface area contributed by atoms with Crippen molar-refractivity contribution in [2.24, 2.45) is 0 Å². The fraction of sp³-hybridized carbons (Fsp3) is 0.233. The summed E-state index contributed by atoms with van der Waals surface area (Å²) in [6.07, 6.45) is -1.65. The molecule has 1 fully saturated rings. The van der Waals surface area contributed by atoms with Gasteiger partial charge in [0, 0.05) is 48.9 Å². The number of nitro benzene ring substituents is 2. The highest BCUT2D eigenvalue weighted by molar-refractivity contribution is 7.92. The van der Waals surface area contributed by atoms with Crippen molar-refractivity contribution in [3.8, 4) is 11.5 Å². The average molecular weight is 697 g/mol. The van der Waals surface area contributed by atoms with Crippen molar-refractivity contribution in [3.63, 3.8) is 0 Å². The zero-order valence-electron chi connectivity index (χ0n) is 25.3. The average Bonchev–Trinajstić information content (AvgIpc) is 3.75. The van der Waals surface area contributed by atoms with Crippen molar-refractivity contribution in [3.05, 3.63) is 104 Å². The molecule has 6 rings (SSSR count). The first-order valence-electron chi connectivity index (χ1n) is 14.5. The molecule has 0 unspecified atom stereocenters. The van der Waals surface area contributed by atoms with Crippen LogP contribution < -0.4 is 19.1 Å². The van der Waals surface area contributed by atoms with Crippen LogP contribution in [0.3, 0.4) is 0 Å². The van der Waals surface area contributed by atoms with E-state index >= 15 is 4.39 Å². The predicted octanol–water partition coefficient (Wildman–Crippen LogP) is 5.76. The van der Waals surface area contributed by atoms with E-state index in [0.717, 1.165) is 21.1 Å². The number of carbonyl (C=O) groups excluding carboxylic acids is 2. The first-order valence-corrected chi connectivity index (χ1v) is 16.1. The number of carbonyl (C=O) groups is 2. The molecule has 2 heterocycles. The third-order valence-corrected chi connectivity index (χ3v) is 9.73. The van der Waals surface area contributed by atoms with E-state index in [4.69, 9.17) is 14.2 Å². The molecule has 1 N–H and O–H groups in total. The summed E-state index contributed by atoms with van der Waals surface area (Å²) >= 11 is 0. The van der Waals surface area contributed by atoms with Crippen LogP contribution in [0.2, 0.25) is 0 Å². The zero-order chi connectivity index (χ0) is 35.0. The lowest BCUT2D eigenvalue weighted by atomic mass is 10.0. The van der Waals surface area contributed by atoms with Crippen molar-refractivity contribution < 1.29 is 46.5 Å². The van der Waals surface area contributed by atoms with E-state index in [2.05, 4.69) is 10.4 Å². The molecule has 1 saturated carbocycles. The molecule has 0 bridgehead atoms. The summed E-state index contributed by atoms with van der Waals surface area (Å²) in [6, 6.07) is 13.9. The maximum absolute atomic E-state index is 15.5. The van der Waals surface area contributed by atoms with E-state index < -0.39 is 55.7 Å². The number of halogens is 1. The molecule has 19 heteroatoms. The first kappa shape index (κ1) is 32.8. The number of benzene rings is 3. The van der Waals surface area contributed by atoms with Gasteiger partial charge < -0.3 is 19.5 Å². The number of ether oxygens (including phenoxy) is 3.